The molecule has 2 heterocycles. The monoisotopic (exact) mass is 170 g/mol. The third kappa shape index (κ3) is 0.949. The Hall–Kier alpha value is -0.610. The van der Waals surface area contributed by atoms with Crippen LogP contribution in [0.1, 0.15) is 13.8 Å². The summed E-state index contributed by atoms with van der Waals surface area (Å²) >= 11 is 0. The summed E-state index contributed by atoms with van der Waals surface area (Å²) in [7, 11) is 0. The van der Waals surface area contributed by atoms with E-state index in [2.05, 4.69) is 5.32 Å². The summed E-state index contributed by atoms with van der Waals surface area (Å²) in [6.07, 6.45) is 0. The average molecular weight is 170 g/mol. The van der Waals surface area contributed by atoms with E-state index in [1.54, 1.807) is 0 Å². The van der Waals surface area contributed by atoms with E-state index in [4.69, 9.17) is 4.74 Å². The van der Waals surface area contributed by atoms with E-state index in [0.29, 0.717) is 13.2 Å². The van der Waals surface area contributed by atoms with Crippen molar-refractivity contribution in [3.05, 3.63) is 0 Å². The van der Waals surface area contributed by atoms with Crippen LogP contribution in [-0.4, -0.2) is 42.3 Å². The van der Waals surface area contributed by atoms with E-state index in [1.807, 2.05) is 18.7 Å². The number of ether oxygens (including phenoxy) is 1. The third-order valence-electron chi connectivity index (χ3n) is 2.58. The molecule has 0 aromatic rings. The predicted molar refractivity (Wildman–Crippen MR) is 43.5 cm³/mol. The van der Waals surface area contributed by atoms with Crippen LogP contribution in [-0.2, 0) is 9.53 Å². The van der Waals surface area contributed by atoms with Gasteiger partial charge in [-0.15, -0.1) is 0 Å². The highest BCUT2D eigenvalue weighted by molar-refractivity contribution is 5.80. The van der Waals surface area contributed by atoms with Gasteiger partial charge in [-0.1, -0.05) is 0 Å². The quantitative estimate of drug-likeness (QED) is 0.535. The Bertz CT molecular complexity index is 215. The van der Waals surface area contributed by atoms with Gasteiger partial charge in [0, 0.05) is 6.54 Å². The van der Waals surface area contributed by atoms with Crippen molar-refractivity contribution in [3.63, 3.8) is 0 Å². The maximum Gasteiger partial charge on any atom is 0.239 e. The van der Waals surface area contributed by atoms with Gasteiger partial charge in [0.1, 0.15) is 0 Å². The van der Waals surface area contributed by atoms with Gasteiger partial charge in [0.05, 0.1) is 19.2 Å². The largest absolute Gasteiger partial charge is 0.352 e. The Morgan fingerprint density at radius 2 is 2.50 bits per heavy atom. The normalized spacial score (nSPS) is 41.7. The van der Waals surface area contributed by atoms with E-state index in [0.717, 1.165) is 6.54 Å². The van der Waals surface area contributed by atoms with Gasteiger partial charge in [0.25, 0.3) is 0 Å². The zero-order chi connectivity index (χ0) is 8.77. The summed E-state index contributed by atoms with van der Waals surface area (Å²) in [4.78, 5) is 13.3. The van der Waals surface area contributed by atoms with Crippen LogP contribution in [0, 0.1) is 0 Å². The van der Waals surface area contributed by atoms with Crippen molar-refractivity contribution in [2.75, 3.05) is 19.7 Å². The summed E-state index contributed by atoms with van der Waals surface area (Å²) in [6.45, 7) is 5.82. The fourth-order valence-electron chi connectivity index (χ4n) is 2.04. The van der Waals surface area contributed by atoms with E-state index >= 15 is 0 Å². The summed E-state index contributed by atoms with van der Waals surface area (Å²) in [5.41, 5.74) is -0.394. The number of fused-ring (bicyclic) bond motifs is 1. The number of piperazine rings is 1. The molecule has 1 N–H and O–H groups in total. The Morgan fingerprint density at radius 3 is 3.17 bits per heavy atom. The Kier molecular flexibility index (Phi) is 1.63. The molecule has 0 bridgehead atoms. The van der Waals surface area contributed by atoms with E-state index in [9.17, 15) is 4.79 Å². The molecule has 4 heteroatoms. The first-order chi connectivity index (χ1) is 5.63. The van der Waals surface area contributed by atoms with Crippen LogP contribution < -0.4 is 5.32 Å². The molecule has 0 saturated carbocycles. The number of rotatable bonds is 0. The van der Waals surface area contributed by atoms with Gasteiger partial charge in [-0.25, -0.2) is 0 Å². The molecular weight excluding hydrogens is 156 g/mol. The number of carbonyl (C=O) groups is 1. The minimum absolute atomic E-state index is 0.147. The van der Waals surface area contributed by atoms with Crippen molar-refractivity contribution in [1.29, 1.82) is 0 Å². The minimum atomic E-state index is -0.394. The van der Waals surface area contributed by atoms with E-state index < -0.39 is 5.72 Å². The maximum absolute atomic E-state index is 11.5. The van der Waals surface area contributed by atoms with E-state index in [1.165, 1.54) is 0 Å². The Balaban J connectivity index is 2.26. The van der Waals surface area contributed by atoms with Crippen LogP contribution in [0.3, 0.4) is 0 Å². The van der Waals surface area contributed by atoms with Crippen molar-refractivity contribution >= 4 is 5.91 Å². The molecule has 2 unspecified atom stereocenters. The maximum atomic E-state index is 11.5. The molecule has 0 aromatic carbocycles. The zero-order valence-corrected chi connectivity index (χ0v) is 7.46. The molecular formula is C8H14N2O2. The van der Waals surface area contributed by atoms with Crippen LogP contribution in [0.2, 0.25) is 0 Å². The van der Waals surface area contributed by atoms with Crippen molar-refractivity contribution < 1.29 is 9.53 Å². The zero-order valence-electron chi connectivity index (χ0n) is 7.46. The second kappa shape index (κ2) is 2.44. The number of carbonyl (C=O) groups excluding carboxylic acids is 1. The first-order valence-corrected chi connectivity index (χ1v) is 4.30. The molecule has 0 radical (unpaired) electrons. The minimum Gasteiger partial charge on any atom is -0.352 e. The fraction of sp³-hybridized carbons (Fsp3) is 0.875. The molecule has 2 saturated heterocycles. The second-order valence-corrected chi connectivity index (χ2v) is 3.70. The molecule has 2 aliphatic rings. The smallest absolute Gasteiger partial charge is 0.239 e. The molecule has 1 amide bonds. The predicted octanol–water partition coefficient (Wildman–Crippen LogP) is -0.447. The molecule has 0 aliphatic carbocycles. The van der Waals surface area contributed by atoms with Crippen LogP contribution in [0.5, 0.6) is 0 Å². The molecule has 2 aliphatic heterocycles. The highest BCUT2D eigenvalue weighted by Crippen LogP contribution is 2.28. The van der Waals surface area contributed by atoms with E-state index in [-0.39, 0.29) is 11.9 Å². The van der Waals surface area contributed by atoms with Gasteiger partial charge in [-0.05, 0) is 13.8 Å². The summed E-state index contributed by atoms with van der Waals surface area (Å²) in [5, 5.41) is 3.05. The highest BCUT2D eigenvalue weighted by Gasteiger charge is 2.46. The topological polar surface area (TPSA) is 41.6 Å². The molecule has 2 fully saturated rings. The molecule has 2 atom stereocenters. The fourth-order valence-corrected chi connectivity index (χ4v) is 2.04. The number of hydrogen-bond donors (Lipinski definition) is 1. The first-order valence-electron chi connectivity index (χ1n) is 4.30. The lowest BCUT2D eigenvalue weighted by Crippen LogP contribution is -2.61. The molecule has 0 spiro atoms. The van der Waals surface area contributed by atoms with Gasteiger partial charge in [0.2, 0.25) is 5.91 Å². The van der Waals surface area contributed by atoms with Crippen LogP contribution in [0.15, 0.2) is 0 Å². The number of hydrogen-bond acceptors (Lipinski definition) is 3. The van der Waals surface area contributed by atoms with Gasteiger partial charge < -0.3 is 15.0 Å². The van der Waals surface area contributed by atoms with Gasteiger partial charge in [-0.2, -0.15) is 0 Å². The standard InChI is InChI=1S/C8H14N2O2/c1-6-4-12-8(2)5-9-3-7(11)10(6)8/h6,9H,3-5H2,1-2H3. The number of amides is 1. The van der Waals surface area contributed by atoms with Gasteiger partial charge >= 0.3 is 0 Å². The SMILES string of the molecule is CC1COC2(C)CNCC(=O)N12. The Labute approximate surface area is 71.9 Å². The lowest BCUT2D eigenvalue weighted by Gasteiger charge is -2.39. The van der Waals surface area contributed by atoms with Gasteiger partial charge in [-0.3, -0.25) is 4.79 Å². The molecule has 2 rings (SSSR count). The Morgan fingerprint density at radius 1 is 1.75 bits per heavy atom. The number of nitrogens with zero attached hydrogens (tertiary/aromatic N) is 1. The van der Waals surface area contributed by atoms with Crippen molar-refractivity contribution in [2.45, 2.75) is 25.6 Å². The first kappa shape index (κ1) is 8.01. The summed E-state index contributed by atoms with van der Waals surface area (Å²) < 4.78 is 5.57. The molecule has 68 valence electrons. The van der Waals surface area contributed by atoms with Crippen molar-refractivity contribution in [1.82, 2.24) is 10.2 Å². The lowest BCUT2D eigenvalue weighted by atomic mass is 10.1. The van der Waals surface area contributed by atoms with Crippen LogP contribution >= 0.6 is 0 Å². The lowest BCUT2D eigenvalue weighted by molar-refractivity contribution is -0.152. The molecule has 12 heavy (non-hydrogen) atoms. The molecule has 0 aromatic heterocycles. The number of nitrogens with one attached hydrogen (secondary N) is 1. The molecule has 4 nitrogen and oxygen atoms in total. The summed E-state index contributed by atoms with van der Waals surface area (Å²) in [6, 6.07) is 0.226. The highest BCUT2D eigenvalue weighted by atomic mass is 16.5. The second-order valence-electron chi connectivity index (χ2n) is 3.70. The van der Waals surface area contributed by atoms with Gasteiger partial charge in [0.15, 0.2) is 5.72 Å². The third-order valence-corrected chi connectivity index (χ3v) is 2.58. The van der Waals surface area contributed by atoms with Crippen molar-refractivity contribution in [2.24, 2.45) is 0 Å². The van der Waals surface area contributed by atoms with Crippen LogP contribution in [0.4, 0.5) is 0 Å². The average Bonchev–Trinajstić information content (AvgIpc) is 2.29. The van der Waals surface area contributed by atoms with Crippen LogP contribution in [0.25, 0.3) is 0 Å². The summed E-state index contributed by atoms with van der Waals surface area (Å²) in [5.74, 6) is 0.147. The van der Waals surface area contributed by atoms with Crippen molar-refractivity contribution in [3.8, 4) is 0 Å².